The second-order valence-corrected chi connectivity index (χ2v) is 6.40. The van der Waals surface area contributed by atoms with Gasteiger partial charge in [-0.3, -0.25) is 9.36 Å². The Morgan fingerprint density at radius 1 is 1.32 bits per heavy atom. The van der Waals surface area contributed by atoms with Gasteiger partial charge in [-0.05, 0) is 25.0 Å². The molecule has 4 rings (SSSR count). The van der Waals surface area contributed by atoms with Gasteiger partial charge in [0.2, 0.25) is 5.95 Å². The van der Waals surface area contributed by atoms with Crippen LogP contribution in [0.4, 0.5) is 11.6 Å². The SMILES string of the molecule is N#Cc1c(N)c2cnc(NC3CCCCC3)nc2n(C2=CC=C2)c1=O. The highest BCUT2D eigenvalue weighted by atomic mass is 16.1. The van der Waals surface area contributed by atoms with Crippen LogP contribution in [0.5, 0.6) is 0 Å². The summed E-state index contributed by atoms with van der Waals surface area (Å²) in [4.78, 5) is 21.6. The molecule has 0 aromatic carbocycles. The van der Waals surface area contributed by atoms with Gasteiger partial charge >= 0.3 is 0 Å². The molecule has 1 saturated carbocycles. The molecule has 2 aromatic rings. The number of nitriles is 1. The fourth-order valence-corrected chi connectivity index (χ4v) is 3.37. The molecule has 7 nitrogen and oxygen atoms in total. The predicted molar refractivity (Wildman–Crippen MR) is 96.8 cm³/mol. The zero-order valence-corrected chi connectivity index (χ0v) is 13.7. The summed E-state index contributed by atoms with van der Waals surface area (Å²) in [5, 5.41) is 13.2. The summed E-state index contributed by atoms with van der Waals surface area (Å²) in [5.74, 6) is 0.487. The van der Waals surface area contributed by atoms with E-state index in [1.807, 2.05) is 12.1 Å². The van der Waals surface area contributed by atoms with Crippen LogP contribution in [0.3, 0.4) is 0 Å². The van der Waals surface area contributed by atoms with E-state index in [0.29, 0.717) is 28.7 Å². The average molecular weight is 334 g/mol. The van der Waals surface area contributed by atoms with Crippen molar-refractivity contribution < 1.29 is 0 Å². The minimum absolute atomic E-state index is 0.0784. The minimum atomic E-state index is -0.453. The number of fused-ring (bicyclic) bond motifs is 1. The van der Waals surface area contributed by atoms with Crippen molar-refractivity contribution in [1.82, 2.24) is 14.5 Å². The summed E-state index contributed by atoms with van der Waals surface area (Å²) < 4.78 is 1.43. The van der Waals surface area contributed by atoms with E-state index >= 15 is 0 Å². The fraction of sp³-hybridized carbons (Fsp3) is 0.333. The third-order valence-corrected chi connectivity index (χ3v) is 4.80. The summed E-state index contributed by atoms with van der Waals surface area (Å²) in [5.41, 5.74) is 6.73. The van der Waals surface area contributed by atoms with Crippen molar-refractivity contribution in [1.29, 1.82) is 5.26 Å². The van der Waals surface area contributed by atoms with Crippen LogP contribution in [0.1, 0.15) is 37.7 Å². The number of hydrogen-bond acceptors (Lipinski definition) is 6. The van der Waals surface area contributed by atoms with Gasteiger partial charge in [0.1, 0.15) is 11.6 Å². The molecular formula is C18H18N6O. The molecular weight excluding hydrogens is 316 g/mol. The van der Waals surface area contributed by atoms with Gasteiger partial charge in [0.05, 0.1) is 16.8 Å². The maximum absolute atomic E-state index is 12.7. The van der Waals surface area contributed by atoms with Gasteiger partial charge in [0, 0.05) is 12.2 Å². The number of nitrogens with zero attached hydrogens (tertiary/aromatic N) is 4. The van der Waals surface area contributed by atoms with Crippen molar-refractivity contribution in [2.75, 3.05) is 11.1 Å². The second-order valence-electron chi connectivity index (χ2n) is 6.40. The van der Waals surface area contributed by atoms with E-state index in [2.05, 4.69) is 15.3 Å². The fourth-order valence-electron chi connectivity index (χ4n) is 3.37. The van der Waals surface area contributed by atoms with Crippen LogP contribution in [0.2, 0.25) is 0 Å². The molecule has 0 aliphatic heterocycles. The largest absolute Gasteiger partial charge is 0.397 e. The van der Waals surface area contributed by atoms with E-state index in [4.69, 9.17) is 5.73 Å². The summed E-state index contributed by atoms with van der Waals surface area (Å²) in [6.07, 6.45) is 12.9. The van der Waals surface area contributed by atoms with Gasteiger partial charge in [0.15, 0.2) is 5.65 Å². The number of nitrogens with two attached hydrogens (primary N) is 1. The van der Waals surface area contributed by atoms with Gasteiger partial charge in [0.25, 0.3) is 5.56 Å². The van der Waals surface area contributed by atoms with Gasteiger partial charge in [-0.1, -0.05) is 25.3 Å². The molecule has 0 unspecified atom stereocenters. The topological polar surface area (TPSA) is 110 Å². The Morgan fingerprint density at radius 3 is 2.72 bits per heavy atom. The average Bonchev–Trinajstić information content (AvgIpc) is 2.58. The normalized spacial score (nSPS) is 17.0. The lowest BCUT2D eigenvalue weighted by atomic mass is 9.96. The zero-order valence-electron chi connectivity index (χ0n) is 13.7. The van der Waals surface area contributed by atoms with E-state index in [9.17, 15) is 10.1 Å². The molecule has 0 saturated heterocycles. The number of aromatic nitrogens is 3. The van der Waals surface area contributed by atoms with Crippen LogP contribution < -0.4 is 16.6 Å². The molecule has 25 heavy (non-hydrogen) atoms. The van der Waals surface area contributed by atoms with Crippen molar-refractivity contribution in [2.24, 2.45) is 0 Å². The molecule has 2 aromatic heterocycles. The van der Waals surface area contributed by atoms with Gasteiger partial charge < -0.3 is 11.1 Å². The van der Waals surface area contributed by atoms with E-state index in [1.54, 1.807) is 18.3 Å². The molecule has 3 N–H and O–H groups in total. The lowest BCUT2D eigenvalue weighted by Crippen LogP contribution is -2.27. The number of pyridine rings is 1. The Morgan fingerprint density at radius 2 is 2.08 bits per heavy atom. The zero-order chi connectivity index (χ0) is 17.4. The van der Waals surface area contributed by atoms with E-state index < -0.39 is 5.56 Å². The number of nitrogen functional groups attached to an aromatic ring is 1. The molecule has 0 radical (unpaired) electrons. The highest BCUT2D eigenvalue weighted by Gasteiger charge is 2.20. The van der Waals surface area contributed by atoms with Crippen LogP contribution in [0.15, 0.2) is 29.2 Å². The van der Waals surface area contributed by atoms with Gasteiger partial charge in [-0.25, -0.2) is 4.98 Å². The molecule has 2 aliphatic carbocycles. The summed E-state index contributed by atoms with van der Waals surface area (Å²) in [6, 6.07) is 2.25. The quantitative estimate of drug-likeness (QED) is 0.892. The number of hydrogen-bond donors (Lipinski definition) is 2. The summed E-state index contributed by atoms with van der Waals surface area (Å²) in [7, 11) is 0. The molecule has 126 valence electrons. The molecule has 2 heterocycles. The first-order chi connectivity index (χ1) is 12.2. The van der Waals surface area contributed by atoms with Crippen molar-refractivity contribution in [3.05, 3.63) is 40.3 Å². The van der Waals surface area contributed by atoms with Crippen molar-refractivity contribution in [2.45, 2.75) is 38.1 Å². The molecule has 0 amide bonds. The summed E-state index contributed by atoms with van der Waals surface area (Å²) in [6.45, 7) is 0. The number of anilines is 2. The Bertz CT molecular complexity index is 1000. The van der Waals surface area contributed by atoms with E-state index in [0.717, 1.165) is 12.8 Å². The van der Waals surface area contributed by atoms with Gasteiger partial charge in [-0.2, -0.15) is 10.2 Å². The minimum Gasteiger partial charge on any atom is -0.397 e. The molecule has 0 spiro atoms. The Hall–Kier alpha value is -3.14. The number of nitrogens with one attached hydrogen (secondary N) is 1. The third kappa shape index (κ3) is 2.56. The first-order valence-corrected chi connectivity index (χ1v) is 8.45. The van der Waals surface area contributed by atoms with E-state index in [1.165, 1.54) is 23.8 Å². The number of allylic oxidation sites excluding steroid dienone is 4. The molecule has 0 bridgehead atoms. The van der Waals surface area contributed by atoms with Crippen molar-refractivity contribution in [3.8, 4) is 6.07 Å². The van der Waals surface area contributed by atoms with Crippen LogP contribution in [-0.4, -0.2) is 20.6 Å². The van der Waals surface area contributed by atoms with Crippen LogP contribution in [0.25, 0.3) is 16.7 Å². The maximum atomic E-state index is 12.7. The lowest BCUT2D eigenvalue weighted by Gasteiger charge is -2.23. The standard InChI is InChI=1S/C18H18N6O/c19-9-13-15(20)14-10-21-18(22-11-5-2-1-3-6-11)23-16(14)24(17(13)25)12-7-4-8-12/h4,7-8,10-11H,1-3,5-6,20H2,(H,21,22,23). The predicted octanol–water partition coefficient (Wildman–Crippen LogP) is 2.40. The Labute approximate surface area is 144 Å². The Balaban J connectivity index is 1.85. The van der Waals surface area contributed by atoms with Crippen molar-refractivity contribution >= 4 is 28.4 Å². The number of rotatable bonds is 3. The molecule has 1 fully saturated rings. The van der Waals surface area contributed by atoms with Crippen LogP contribution in [-0.2, 0) is 0 Å². The highest BCUT2D eigenvalue weighted by Crippen LogP contribution is 2.26. The molecule has 2 aliphatic rings. The molecule has 0 atom stereocenters. The van der Waals surface area contributed by atoms with Crippen LogP contribution >= 0.6 is 0 Å². The lowest BCUT2D eigenvalue weighted by molar-refractivity contribution is 0.461. The van der Waals surface area contributed by atoms with Crippen molar-refractivity contribution in [3.63, 3.8) is 0 Å². The monoisotopic (exact) mass is 334 g/mol. The van der Waals surface area contributed by atoms with E-state index in [-0.39, 0.29) is 11.3 Å². The van der Waals surface area contributed by atoms with Crippen LogP contribution in [0, 0.1) is 11.3 Å². The molecule has 7 heteroatoms. The first kappa shape index (κ1) is 15.4. The Kier molecular flexibility index (Phi) is 3.73. The maximum Gasteiger partial charge on any atom is 0.276 e. The first-order valence-electron chi connectivity index (χ1n) is 8.45. The van der Waals surface area contributed by atoms with Gasteiger partial charge in [-0.15, -0.1) is 0 Å². The third-order valence-electron chi connectivity index (χ3n) is 4.80. The smallest absolute Gasteiger partial charge is 0.276 e. The highest BCUT2D eigenvalue weighted by molar-refractivity contribution is 5.93. The second kappa shape index (κ2) is 6.06. The summed E-state index contributed by atoms with van der Waals surface area (Å²) >= 11 is 0.